The first-order chi connectivity index (χ1) is 16.0. The molecule has 0 spiro atoms. The minimum absolute atomic E-state index is 0.195. The predicted octanol–water partition coefficient (Wildman–Crippen LogP) is 4.52. The monoisotopic (exact) mass is 447 g/mol. The Morgan fingerprint density at radius 1 is 1.15 bits per heavy atom. The van der Waals surface area contributed by atoms with E-state index < -0.39 is 18.0 Å². The largest absolute Gasteiger partial charge is 0.442 e. The number of carbonyl (C=O) groups is 2. The zero-order valence-corrected chi connectivity index (χ0v) is 18.5. The topological polar surface area (TPSA) is 71.5 Å². The van der Waals surface area contributed by atoms with Crippen molar-refractivity contribution in [3.8, 4) is 11.1 Å². The molecular formula is C26H26FN3O3. The van der Waals surface area contributed by atoms with Crippen LogP contribution >= 0.6 is 0 Å². The standard InChI is InChI=1S/C26H26FN3O3/c1-18(31)29-16-23-17-30(26(32)33-23)22-12-13-24(25(27)15-22)20-10-8-19(9-11-20)5-4-7-21-6-2-3-14-28-21/h2-3,6,8-15,23H,4-5,7,16-17H2,1H3,(H,29,31). The second-order valence-electron chi connectivity index (χ2n) is 8.09. The highest BCUT2D eigenvalue weighted by Gasteiger charge is 2.32. The summed E-state index contributed by atoms with van der Waals surface area (Å²) in [7, 11) is 0. The number of carbonyl (C=O) groups excluding carboxylic acids is 2. The van der Waals surface area contributed by atoms with Crippen LogP contribution in [0.3, 0.4) is 0 Å². The summed E-state index contributed by atoms with van der Waals surface area (Å²) in [5.41, 5.74) is 3.95. The lowest BCUT2D eigenvalue weighted by Crippen LogP contribution is -2.33. The minimum Gasteiger partial charge on any atom is -0.442 e. The quantitative estimate of drug-likeness (QED) is 0.551. The number of rotatable bonds is 8. The van der Waals surface area contributed by atoms with Gasteiger partial charge in [-0.3, -0.25) is 14.7 Å². The maximum absolute atomic E-state index is 14.9. The van der Waals surface area contributed by atoms with Crippen LogP contribution in [0.5, 0.6) is 0 Å². The highest BCUT2D eigenvalue weighted by molar-refractivity contribution is 5.90. The van der Waals surface area contributed by atoms with Crippen molar-refractivity contribution in [1.29, 1.82) is 0 Å². The lowest BCUT2D eigenvalue weighted by molar-refractivity contribution is -0.119. The Morgan fingerprint density at radius 2 is 1.97 bits per heavy atom. The average Bonchev–Trinajstić information content (AvgIpc) is 3.19. The fourth-order valence-corrected chi connectivity index (χ4v) is 3.87. The third-order valence-electron chi connectivity index (χ3n) is 5.61. The van der Waals surface area contributed by atoms with Gasteiger partial charge in [0, 0.05) is 24.4 Å². The second kappa shape index (κ2) is 10.3. The van der Waals surface area contributed by atoms with Gasteiger partial charge in [-0.05, 0) is 60.7 Å². The number of cyclic esters (lactones) is 1. The first-order valence-corrected chi connectivity index (χ1v) is 11.0. The first kappa shape index (κ1) is 22.5. The highest BCUT2D eigenvalue weighted by Crippen LogP contribution is 2.29. The number of aryl methyl sites for hydroxylation is 2. The van der Waals surface area contributed by atoms with E-state index in [9.17, 15) is 14.0 Å². The number of nitrogens with zero attached hydrogens (tertiary/aromatic N) is 2. The Hall–Kier alpha value is -3.74. The smallest absolute Gasteiger partial charge is 0.414 e. The zero-order chi connectivity index (χ0) is 23.2. The van der Waals surface area contributed by atoms with Crippen LogP contribution in [-0.4, -0.2) is 36.2 Å². The van der Waals surface area contributed by atoms with Gasteiger partial charge in [-0.15, -0.1) is 0 Å². The van der Waals surface area contributed by atoms with Crippen LogP contribution in [0.4, 0.5) is 14.9 Å². The molecule has 7 heteroatoms. The van der Waals surface area contributed by atoms with Crippen LogP contribution in [0, 0.1) is 5.82 Å². The Bertz CT molecular complexity index is 1120. The van der Waals surface area contributed by atoms with E-state index in [0.29, 0.717) is 11.3 Å². The van der Waals surface area contributed by atoms with Crippen molar-refractivity contribution in [1.82, 2.24) is 10.3 Å². The van der Waals surface area contributed by atoms with Crippen molar-refractivity contribution in [3.63, 3.8) is 0 Å². The van der Waals surface area contributed by atoms with Crippen LogP contribution in [0.1, 0.15) is 24.6 Å². The van der Waals surface area contributed by atoms with E-state index in [1.165, 1.54) is 23.5 Å². The number of ether oxygens (including phenoxy) is 1. The van der Waals surface area contributed by atoms with E-state index in [2.05, 4.69) is 10.3 Å². The molecule has 2 heterocycles. The van der Waals surface area contributed by atoms with Crippen molar-refractivity contribution in [2.24, 2.45) is 0 Å². The lowest BCUT2D eigenvalue weighted by Gasteiger charge is -2.14. The molecule has 170 valence electrons. The molecule has 1 fully saturated rings. The normalized spacial score (nSPS) is 15.4. The van der Waals surface area contributed by atoms with E-state index in [1.807, 2.05) is 42.5 Å². The predicted molar refractivity (Wildman–Crippen MR) is 124 cm³/mol. The van der Waals surface area contributed by atoms with Crippen LogP contribution in [0.25, 0.3) is 11.1 Å². The average molecular weight is 448 g/mol. The Morgan fingerprint density at radius 3 is 2.67 bits per heavy atom. The summed E-state index contributed by atoms with van der Waals surface area (Å²) in [6, 6.07) is 18.5. The summed E-state index contributed by atoms with van der Waals surface area (Å²) in [5.74, 6) is -0.604. The van der Waals surface area contributed by atoms with E-state index >= 15 is 0 Å². The van der Waals surface area contributed by atoms with Crippen molar-refractivity contribution >= 4 is 17.7 Å². The molecule has 2 aromatic carbocycles. The van der Waals surface area contributed by atoms with Crippen molar-refractivity contribution in [2.75, 3.05) is 18.0 Å². The number of anilines is 1. The van der Waals surface area contributed by atoms with Gasteiger partial charge in [-0.25, -0.2) is 9.18 Å². The Kier molecular flexibility index (Phi) is 6.98. The third kappa shape index (κ3) is 5.74. The highest BCUT2D eigenvalue weighted by atomic mass is 19.1. The molecular weight excluding hydrogens is 421 g/mol. The molecule has 0 radical (unpaired) electrons. The fourth-order valence-electron chi connectivity index (χ4n) is 3.87. The van der Waals surface area contributed by atoms with Crippen LogP contribution in [0.2, 0.25) is 0 Å². The van der Waals surface area contributed by atoms with Gasteiger partial charge in [0.1, 0.15) is 11.9 Å². The molecule has 6 nitrogen and oxygen atoms in total. The summed E-state index contributed by atoms with van der Waals surface area (Å²) < 4.78 is 20.2. The van der Waals surface area contributed by atoms with Crippen LogP contribution < -0.4 is 10.2 Å². The molecule has 1 saturated heterocycles. The molecule has 3 aromatic rings. The molecule has 4 rings (SSSR count). The van der Waals surface area contributed by atoms with Gasteiger partial charge < -0.3 is 10.1 Å². The molecule has 1 atom stereocenters. The number of hydrogen-bond acceptors (Lipinski definition) is 4. The molecule has 1 unspecified atom stereocenters. The minimum atomic E-state index is -0.549. The Balaban J connectivity index is 1.37. The maximum atomic E-state index is 14.9. The summed E-state index contributed by atoms with van der Waals surface area (Å²) >= 11 is 0. The summed E-state index contributed by atoms with van der Waals surface area (Å²) in [6.07, 6.45) is 3.63. The first-order valence-electron chi connectivity index (χ1n) is 11.0. The van der Waals surface area contributed by atoms with Gasteiger partial charge in [-0.1, -0.05) is 30.3 Å². The van der Waals surface area contributed by atoms with Gasteiger partial charge in [0.15, 0.2) is 0 Å². The van der Waals surface area contributed by atoms with Crippen molar-refractivity contribution < 1.29 is 18.7 Å². The van der Waals surface area contributed by atoms with E-state index in [-0.39, 0.29) is 19.0 Å². The molecule has 1 aliphatic rings. The zero-order valence-electron chi connectivity index (χ0n) is 18.5. The number of pyridine rings is 1. The summed E-state index contributed by atoms with van der Waals surface area (Å²) in [6.45, 7) is 1.88. The number of benzene rings is 2. The molecule has 2 amide bonds. The molecule has 0 saturated carbocycles. The van der Waals surface area contributed by atoms with Gasteiger partial charge >= 0.3 is 6.09 Å². The number of aromatic nitrogens is 1. The van der Waals surface area contributed by atoms with Gasteiger partial charge in [0.25, 0.3) is 0 Å². The second-order valence-corrected chi connectivity index (χ2v) is 8.09. The van der Waals surface area contributed by atoms with Gasteiger partial charge in [-0.2, -0.15) is 0 Å². The fraction of sp³-hybridized carbons (Fsp3) is 0.269. The van der Waals surface area contributed by atoms with E-state index in [1.54, 1.807) is 18.3 Å². The molecule has 1 aliphatic heterocycles. The van der Waals surface area contributed by atoms with Gasteiger partial charge in [0.05, 0.1) is 18.8 Å². The maximum Gasteiger partial charge on any atom is 0.414 e. The molecule has 1 N–H and O–H groups in total. The van der Waals surface area contributed by atoms with Crippen LogP contribution in [-0.2, 0) is 22.4 Å². The molecule has 1 aromatic heterocycles. The number of halogens is 1. The van der Waals surface area contributed by atoms with Crippen LogP contribution in [0.15, 0.2) is 66.9 Å². The van der Waals surface area contributed by atoms with E-state index in [4.69, 9.17) is 4.74 Å². The van der Waals surface area contributed by atoms with E-state index in [0.717, 1.165) is 30.5 Å². The third-order valence-corrected chi connectivity index (χ3v) is 5.61. The molecule has 0 bridgehead atoms. The van der Waals surface area contributed by atoms with Crippen molar-refractivity contribution in [2.45, 2.75) is 32.3 Å². The SMILES string of the molecule is CC(=O)NCC1CN(c2ccc(-c3ccc(CCCc4ccccn4)cc3)c(F)c2)C(=O)O1. The van der Waals surface area contributed by atoms with Crippen molar-refractivity contribution in [3.05, 3.63) is 83.9 Å². The molecule has 33 heavy (non-hydrogen) atoms. The lowest BCUT2D eigenvalue weighted by atomic mass is 10.0. The van der Waals surface area contributed by atoms with Gasteiger partial charge in [0.2, 0.25) is 5.91 Å². The Labute approximate surface area is 192 Å². The summed E-state index contributed by atoms with van der Waals surface area (Å²) in [5, 5.41) is 2.63. The number of nitrogens with one attached hydrogen (secondary N) is 1. The molecule has 0 aliphatic carbocycles. The summed E-state index contributed by atoms with van der Waals surface area (Å²) in [4.78, 5) is 29.0. The number of amides is 2. The number of hydrogen-bond donors (Lipinski definition) is 1.